The number of nitrogens with zero attached hydrogens (tertiary/aromatic N) is 3. The lowest BCUT2D eigenvalue weighted by atomic mass is 10.2. The van der Waals surface area contributed by atoms with Gasteiger partial charge in [0.25, 0.3) is 0 Å². The third kappa shape index (κ3) is 4.10. The normalized spacial score (nSPS) is 10.2. The monoisotopic (exact) mass is 384 g/mol. The number of anilines is 2. The van der Waals surface area contributed by atoms with Crippen LogP contribution in [-0.4, -0.2) is 21.5 Å². The second-order valence-electron chi connectivity index (χ2n) is 3.90. The molecule has 0 fully saturated rings. The second kappa shape index (κ2) is 6.76. The Morgan fingerprint density at radius 2 is 1.84 bits per heavy atom. The van der Waals surface area contributed by atoms with Crippen molar-refractivity contribution in [3.8, 4) is 0 Å². The standard InChI is InChI=1S/C13H13IN4S/c14-10-8-16-13(17-9-10)18(7-6-12(15)19)11-4-2-1-3-5-11/h1-5,8-9H,6-7H2,(H2,15,19). The van der Waals surface area contributed by atoms with Crippen molar-refractivity contribution in [3.05, 3.63) is 46.3 Å². The van der Waals surface area contributed by atoms with Crippen LogP contribution in [0.2, 0.25) is 0 Å². The molecule has 1 aromatic heterocycles. The minimum absolute atomic E-state index is 0.492. The van der Waals surface area contributed by atoms with Crippen LogP contribution in [0.15, 0.2) is 42.7 Å². The van der Waals surface area contributed by atoms with E-state index >= 15 is 0 Å². The highest BCUT2D eigenvalue weighted by molar-refractivity contribution is 14.1. The van der Waals surface area contributed by atoms with E-state index in [4.69, 9.17) is 18.0 Å². The molecule has 0 aliphatic heterocycles. The molecule has 19 heavy (non-hydrogen) atoms. The highest BCUT2D eigenvalue weighted by Crippen LogP contribution is 2.21. The first-order chi connectivity index (χ1) is 9.16. The third-order valence-electron chi connectivity index (χ3n) is 2.50. The van der Waals surface area contributed by atoms with Crippen LogP contribution in [0.3, 0.4) is 0 Å². The van der Waals surface area contributed by atoms with E-state index in [1.54, 1.807) is 12.4 Å². The Balaban J connectivity index is 2.28. The molecule has 2 rings (SSSR count). The average Bonchev–Trinajstić information content (AvgIpc) is 2.42. The van der Waals surface area contributed by atoms with E-state index in [0.717, 1.165) is 9.26 Å². The topological polar surface area (TPSA) is 55.0 Å². The number of aromatic nitrogens is 2. The van der Waals surface area contributed by atoms with Gasteiger partial charge >= 0.3 is 0 Å². The van der Waals surface area contributed by atoms with Crippen LogP contribution >= 0.6 is 34.8 Å². The predicted octanol–water partition coefficient (Wildman–Crippen LogP) is 2.90. The number of para-hydroxylation sites is 1. The van der Waals surface area contributed by atoms with Gasteiger partial charge in [0.2, 0.25) is 5.95 Å². The van der Waals surface area contributed by atoms with E-state index in [1.165, 1.54) is 0 Å². The minimum atomic E-state index is 0.492. The van der Waals surface area contributed by atoms with Gasteiger partial charge in [0.05, 0.1) is 4.99 Å². The number of hydrogen-bond acceptors (Lipinski definition) is 4. The molecule has 0 aliphatic rings. The summed E-state index contributed by atoms with van der Waals surface area (Å²) in [5, 5.41) is 0. The number of hydrogen-bond donors (Lipinski definition) is 1. The van der Waals surface area contributed by atoms with Gasteiger partial charge in [-0.1, -0.05) is 30.4 Å². The fourth-order valence-corrected chi connectivity index (χ4v) is 1.99. The molecule has 98 valence electrons. The number of nitrogens with two attached hydrogens (primary N) is 1. The van der Waals surface area contributed by atoms with Gasteiger partial charge in [0.1, 0.15) is 0 Å². The van der Waals surface area contributed by atoms with Crippen molar-refractivity contribution in [1.82, 2.24) is 9.97 Å². The summed E-state index contributed by atoms with van der Waals surface area (Å²) >= 11 is 7.13. The van der Waals surface area contributed by atoms with E-state index < -0.39 is 0 Å². The number of halogens is 1. The highest BCUT2D eigenvalue weighted by Gasteiger charge is 2.11. The second-order valence-corrected chi connectivity index (χ2v) is 5.67. The number of rotatable bonds is 5. The zero-order valence-electron chi connectivity index (χ0n) is 10.2. The summed E-state index contributed by atoms with van der Waals surface area (Å²) in [5.74, 6) is 0.655. The largest absolute Gasteiger partial charge is 0.393 e. The Labute approximate surface area is 131 Å². The maximum atomic E-state index is 5.58. The molecular weight excluding hydrogens is 371 g/mol. The van der Waals surface area contributed by atoms with E-state index in [0.29, 0.717) is 23.9 Å². The summed E-state index contributed by atoms with van der Waals surface area (Å²) in [6.07, 6.45) is 4.21. The van der Waals surface area contributed by atoms with E-state index in [2.05, 4.69) is 32.6 Å². The van der Waals surface area contributed by atoms with Crippen LogP contribution in [0.4, 0.5) is 11.6 Å². The van der Waals surface area contributed by atoms with Crippen LogP contribution in [0.25, 0.3) is 0 Å². The fourth-order valence-electron chi connectivity index (χ4n) is 1.62. The number of thiocarbonyl (C=S) groups is 1. The summed E-state index contributed by atoms with van der Waals surface area (Å²) in [5.41, 5.74) is 6.61. The van der Waals surface area contributed by atoms with E-state index in [-0.39, 0.29) is 0 Å². The van der Waals surface area contributed by atoms with Crippen LogP contribution in [-0.2, 0) is 0 Å². The van der Waals surface area contributed by atoms with Crippen molar-refractivity contribution in [3.63, 3.8) is 0 Å². The Kier molecular flexibility index (Phi) is 5.03. The SMILES string of the molecule is NC(=S)CCN(c1ccccc1)c1ncc(I)cn1. The van der Waals surface area contributed by atoms with Gasteiger partial charge in [0, 0.05) is 34.6 Å². The average molecular weight is 384 g/mol. The predicted molar refractivity (Wildman–Crippen MR) is 89.6 cm³/mol. The lowest BCUT2D eigenvalue weighted by Gasteiger charge is -2.22. The molecule has 0 spiro atoms. The number of benzene rings is 1. The fraction of sp³-hybridized carbons (Fsp3) is 0.154. The van der Waals surface area contributed by atoms with Gasteiger partial charge in [-0.3, -0.25) is 0 Å². The van der Waals surface area contributed by atoms with Gasteiger partial charge in [-0.05, 0) is 34.7 Å². The lowest BCUT2D eigenvalue weighted by Crippen LogP contribution is -2.24. The van der Waals surface area contributed by atoms with Gasteiger partial charge in [0.15, 0.2) is 0 Å². The first kappa shape index (κ1) is 14.1. The van der Waals surface area contributed by atoms with Crippen LogP contribution < -0.4 is 10.6 Å². The summed E-state index contributed by atoms with van der Waals surface area (Å²) < 4.78 is 1.00. The molecule has 4 nitrogen and oxygen atoms in total. The zero-order valence-corrected chi connectivity index (χ0v) is 13.1. The Morgan fingerprint density at radius 1 is 1.21 bits per heavy atom. The molecule has 2 N–H and O–H groups in total. The molecule has 1 heterocycles. The van der Waals surface area contributed by atoms with Gasteiger partial charge in [-0.25, -0.2) is 9.97 Å². The zero-order chi connectivity index (χ0) is 13.7. The molecule has 0 bridgehead atoms. The van der Waals surface area contributed by atoms with Gasteiger partial charge in [-0.2, -0.15) is 0 Å². The molecule has 0 amide bonds. The molecule has 2 aromatic rings. The molecule has 1 aromatic carbocycles. The molecule has 0 saturated carbocycles. The first-order valence-electron chi connectivity index (χ1n) is 5.75. The Morgan fingerprint density at radius 3 is 2.42 bits per heavy atom. The van der Waals surface area contributed by atoms with Crippen molar-refractivity contribution in [2.75, 3.05) is 11.4 Å². The quantitative estimate of drug-likeness (QED) is 0.635. The van der Waals surface area contributed by atoms with Gasteiger partial charge < -0.3 is 10.6 Å². The van der Waals surface area contributed by atoms with Crippen LogP contribution in [0, 0.1) is 3.57 Å². The van der Waals surface area contributed by atoms with E-state index in [1.807, 2.05) is 35.2 Å². The highest BCUT2D eigenvalue weighted by atomic mass is 127. The van der Waals surface area contributed by atoms with Crippen LogP contribution in [0.5, 0.6) is 0 Å². The minimum Gasteiger partial charge on any atom is -0.393 e. The summed E-state index contributed by atoms with van der Waals surface area (Å²) in [6, 6.07) is 9.97. The lowest BCUT2D eigenvalue weighted by molar-refractivity contribution is 0.909. The molecule has 0 aliphatic carbocycles. The molecule has 0 unspecified atom stereocenters. The summed E-state index contributed by atoms with van der Waals surface area (Å²) in [6.45, 7) is 0.667. The summed E-state index contributed by atoms with van der Waals surface area (Å²) in [4.78, 5) is 11.2. The maximum Gasteiger partial charge on any atom is 0.229 e. The first-order valence-corrected chi connectivity index (χ1v) is 7.24. The Bertz CT molecular complexity index is 544. The van der Waals surface area contributed by atoms with Gasteiger partial charge in [-0.15, -0.1) is 0 Å². The maximum absolute atomic E-state index is 5.58. The summed E-state index contributed by atoms with van der Waals surface area (Å²) in [7, 11) is 0. The third-order valence-corrected chi connectivity index (χ3v) is 3.26. The smallest absolute Gasteiger partial charge is 0.229 e. The molecule has 0 atom stereocenters. The van der Waals surface area contributed by atoms with Crippen molar-refractivity contribution in [2.45, 2.75) is 6.42 Å². The Hall–Kier alpha value is -1.28. The van der Waals surface area contributed by atoms with E-state index in [9.17, 15) is 0 Å². The van der Waals surface area contributed by atoms with Crippen molar-refractivity contribution in [1.29, 1.82) is 0 Å². The van der Waals surface area contributed by atoms with Crippen LogP contribution in [0.1, 0.15) is 6.42 Å². The van der Waals surface area contributed by atoms with Crippen molar-refractivity contribution < 1.29 is 0 Å². The molecular formula is C13H13IN4S. The molecule has 0 saturated heterocycles. The molecule has 6 heteroatoms. The molecule has 0 radical (unpaired) electrons. The van der Waals surface area contributed by atoms with Crippen molar-refractivity contribution in [2.24, 2.45) is 5.73 Å². The van der Waals surface area contributed by atoms with Crippen molar-refractivity contribution >= 4 is 51.4 Å².